The van der Waals surface area contributed by atoms with Crippen molar-refractivity contribution in [1.82, 2.24) is 5.32 Å². The lowest BCUT2D eigenvalue weighted by atomic mass is 9.85. The third-order valence-electron chi connectivity index (χ3n) is 4.29. The SMILES string of the molecule is CCC(C)(CO)CNCC1(CO)CCCC1. The van der Waals surface area contributed by atoms with Gasteiger partial charge in [0.1, 0.15) is 0 Å². The fraction of sp³-hybridized carbons (Fsp3) is 1.00. The van der Waals surface area contributed by atoms with Gasteiger partial charge in [0.05, 0.1) is 0 Å². The Morgan fingerprint density at radius 1 is 1.25 bits per heavy atom. The first-order valence-electron chi connectivity index (χ1n) is 6.52. The normalized spacial score (nSPS) is 23.2. The Hall–Kier alpha value is -0.120. The maximum atomic E-state index is 9.47. The van der Waals surface area contributed by atoms with Gasteiger partial charge in [0.15, 0.2) is 0 Å². The van der Waals surface area contributed by atoms with E-state index in [9.17, 15) is 10.2 Å². The van der Waals surface area contributed by atoms with Gasteiger partial charge in [-0.3, -0.25) is 0 Å². The van der Waals surface area contributed by atoms with Crippen LogP contribution in [0.3, 0.4) is 0 Å². The number of aliphatic hydroxyl groups excluding tert-OH is 2. The number of rotatable bonds is 7. The molecule has 0 aromatic heterocycles. The van der Waals surface area contributed by atoms with Gasteiger partial charge in [-0.15, -0.1) is 0 Å². The summed E-state index contributed by atoms with van der Waals surface area (Å²) in [5.41, 5.74) is 0.0966. The molecule has 1 unspecified atom stereocenters. The Balaban J connectivity index is 2.33. The van der Waals surface area contributed by atoms with E-state index in [-0.39, 0.29) is 17.4 Å². The van der Waals surface area contributed by atoms with Crippen LogP contribution in [0, 0.1) is 10.8 Å². The molecule has 0 saturated heterocycles. The van der Waals surface area contributed by atoms with Crippen molar-refractivity contribution in [3.63, 3.8) is 0 Å². The molecule has 0 aliphatic heterocycles. The summed E-state index contributed by atoms with van der Waals surface area (Å²) in [6, 6.07) is 0. The van der Waals surface area contributed by atoms with Crippen LogP contribution in [0.1, 0.15) is 46.0 Å². The van der Waals surface area contributed by atoms with Crippen LogP contribution in [0.25, 0.3) is 0 Å². The molecule has 1 atom stereocenters. The van der Waals surface area contributed by atoms with Crippen LogP contribution in [-0.4, -0.2) is 36.5 Å². The molecule has 0 aromatic carbocycles. The van der Waals surface area contributed by atoms with Gasteiger partial charge in [0, 0.05) is 37.1 Å². The van der Waals surface area contributed by atoms with Crippen molar-refractivity contribution in [3.8, 4) is 0 Å². The molecule has 1 rings (SSSR count). The van der Waals surface area contributed by atoms with Crippen LogP contribution in [-0.2, 0) is 0 Å². The molecular weight excluding hydrogens is 202 g/mol. The second kappa shape index (κ2) is 5.99. The predicted octanol–water partition coefficient (Wildman–Crippen LogP) is 1.54. The highest BCUT2D eigenvalue weighted by Gasteiger charge is 2.33. The Labute approximate surface area is 99.3 Å². The minimum Gasteiger partial charge on any atom is -0.396 e. The molecule has 0 spiro atoms. The topological polar surface area (TPSA) is 52.5 Å². The van der Waals surface area contributed by atoms with Crippen LogP contribution in [0.5, 0.6) is 0 Å². The van der Waals surface area contributed by atoms with Gasteiger partial charge in [-0.1, -0.05) is 26.7 Å². The summed E-state index contributed by atoms with van der Waals surface area (Å²) >= 11 is 0. The van der Waals surface area contributed by atoms with Gasteiger partial charge in [-0.05, 0) is 19.3 Å². The molecule has 1 fully saturated rings. The van der Waals surface area contributed by atoms with Gasteiger partial charge in [0.2, 0.25) is 0 Å². The predicted molar refractivity (Wildman–Crippen MR) is 66.3 cm³/mol. The summed E-state index contributed by atoms with van der Waals surface area (Å²) in [5.74, 6) is 0. The van der Waals surface area contributed by atoms with Crippen molar-refractivity contribution in [2.75, 3.05) is 26.3 Å². The molecule has 3 heteroatoms. The molecule has 0 aromatic rings. The number of aliphatic hydroxyl groups is 2. The Morgan fingerprint density at radius 2 is 1.88 bits per heavy atom. The van der Waals surface area contributed by atoms with Crippen LogP contribution in [0.2, 0.25) is 0 Å². The second-order valence-corrected chi connectivity index (χ2v) is 5.79. The maximum absolute atomic E-state index is 9.47. The Morgan fingerprint density at radius 3 is 2.31 bits per heavy atom. The maximum Gasteiger partial charge on any atom is 0.0499 e. The number of hydrogen-bond acceptors (Lipinski definition) is 3. The highest BCUT2D eigenvalue weighted by Crippen LogP contribution is 2.37. The van der Waals surface area contributed by atoms with Gasteiger partial charge in [0.25, 0.3) is 0 Å². The molecule has 16 heavy (non-hydrogen) atoms. The van der Waals surface area contributed by atoms with Crippen LogP contribution in [0.15, 0.2) is 0 Å². The molecule has 0 heterocycles. The first-order valence-corrected chi connectivity index (χ1v) is 6.52. The summed E-state index contributed by atoms with van der Waals surface area (Å²) in [4.78, 5) is 0. The summed E-state index contributed by atoms with van der Waals surface area (Å²) in [6.45, 7) is 6.45. The Bertz CT molecular complexity index is 196. The minimum atomic E-state index is -0.0186. The van der Waals surface area contributed by atoms with Gasteiger partial charge < -0.3 is 15.5 Å². The molecule has 3 N–H and O–H groups in total. The van der Waals surface area contributed by atoms with Crippen molar-refractivity contribution in [1.29, 1.82) is 0 Å². The van der Waals surface area contributed by atoms with Gasteiger partial charge >= 0.3 is 0 Å². The molecule has 1 aliphatic rings. The average Bonchev–Trinajstić information content (AvgIpc) is 2.78. The number of nitrogens with one attached hydrogen (secondary N) is 1. The molecule has 0 bridgehead atoms. The van der Waals surface area contributed by atoms with E-state index in [1.807, 2.05) is 0 Å². The van der Waals surface area contributed by atoms with E-state index in [0.29, 0.717) is 6.61 Å². The third-order valence-corrected chi connectivity index (χ3v) is 4.29. The Kier molecular flexibility index (Phi) is 5.22. The van der Waals surface area contributed by atoms with Crippen LogP contribution in [0.4, 0.5) is 0 Å². The minimum absolute atomic E-state index is 0.0186. The van der Waals surface area contributed by atoms with Crippen molar-refractivity contribution in [3.05, 3.63) is 0 Å². The van der Waals surface area contributed by atoms with Gasteiger partial charge in [-0.25, -0.2) is 0 Å². The van der Waals surface area contributed by atoms with Gasteiger partial charge in [-0.2, -0.15) is 0 Å². The first kappa shape index (κ1) is 13.9. The third kappa shape index (κ3) is 3.44. The average molecular weight is 229 g/mol. The lowest BCUT2D eigenvalue weighted by Crippen LogP contribution is -2.41. The largest absolute Gasteiger partial charge is 0.396 e. The van der Waals surface area contributed by atoms with Crippen molar-refractivity contribution >= 4 is 0 Å². The fourth-order valence-corrected chi connectivity index (χ4v) is 2.44. The van der Waals surface area contributed by atoms with Crippen molar-refractivity contribution < 1.29 is 10.2 Å². The zero-order valence-corrected chi connectivity index (χ0v) is 10.8. The molecule has 1 saturated carbocycles. The zero-order valence-electron chi connectivity index (χ0n) is 10.8. The van der Waals surface area contributed by atoms with Crippen molar-refractivity contribution in [2.45, 2.75) is 46.0 Å². The van der Waals surface area contributed by atoms with Crippen LogP contribution < -0.4 is 5.32 Å². The van der Waals surface area contributed by atoms with E-state index in [0.717, 1.165) is 32.4 Å². The summed E-state index contributed by atoms with van der Waals surface area (Å²) < 4.78 is 0. The van der Waals surface area contributed by atoms with E-state index in [2.05, 4.69) is 19.2 Å². The lowest BCUT2D eigenvalue weighted by molar-refractivity contribution is 0.106. The monoisotopic (exact) mass is 229 g/mol. The zero-order chi connectivity index (χ0) is 12.1. The number of hydrogen-bond donors (Lipinski definition) is 3. The molecule has 3 nitrogen and oxygen atoms in total. The van der Waals surface area contributed by atoms with E-state index >= 15 is 0 Å². The van der Waals surface area contributed by atoms with E-state index in [4.69, 9.17) is 0 Å². The molecule has 0 radical (unpaired) electrons. The van der Waals surface area contributed by atoms with Crippen LogP contribution >= 0.6 is 0 Å². The first-order chi connectivity index (χ1) is 7.60. The molecular formula is C13H27NO2. The fourth-order valence-electron chi connectivity index (χ4n) is 2.44. The van der Waals surface area contributed by atoms with E-state index in [1.165, 1.54) is 12.8 Å². The summed E-state index contributed by atoms with van der Waals surface area (Å²) in [6.07, 6.45) is 5.74. The highest BCUT2D eigenvalue weighted by molar-refractivity contribution is 4.87. The highest BCUT2D eigenvalue weighted by atomic mass is 16.3. The quantitative estimate of drug-likeness (QED) is 0.620. The summed E-state index contributed by atoms with van der Waals surface area (Å²) in [7, 11) is 0. The van der Waals surface area contributed by atoms with E-state index in [1.54, 1.807) is 0 Å². The lowest BCUT2D eigenvalue weighted by Gasteiger charge is -2.31. The molecule has 96 valence electrons. The molecule has 0 amide bonds. The van der Waals surface area contributed by atoms with E-state index < -0.39 is 0 Å². The smallest absolute Gasteiger partial charge is 0.0499 e. The molecule has 1 aliphatic carbocycles. The standard InChI is InChI=1S/C13H27NO2/c1-3-12(2,10-15)8-14-9-13(11-16)6-4-5-7-13/h14-16H,3-11H2,1-2H3. The second-order valence-electron chi connectivity index (χ2n) is 5.79. The van der Waals surface area contributed by atoms with Crippen molar-refractivity contribution in [2.24, 2.45) is 10.8 Å². The summed E-state index contributed by atoms with van der Waals surface area (Å²) in [5, 5.41) is 22.2.